The average molecular weight is 453 g/mol. The lowest BCUT2D eigenvalue weighted by atomic mass is 9.92. The van der Waals surface area contributed by atoms with Crippen molar-refractivity contribution in [2.24, 2.45) is 0 Å². The Labute approximate surface area is 192 Å². The quantitative estimate of drug-likeness (QED) is 0.537. The number of aliphatic carboxylic acids is 2. The third-order valence-corrected chi connectivity index (χ3v) is 6.32. The first-order valence-corrected chi connectivity index (χ1v) is 11.6. The van der Waals surface area contributed by atoms with Gasteiger partial charge in [-0.05, 0) is 47.7 Å². The highest BCUT2D eigenvalue weighted by molar-refractivity contribution is 7.98. The SMILES string of the molecule is CSc1ccc2c(c1)C(N1CCN(C)CC1)c1ccccc1C=C2.O=C(O)C=CC(=O)O. The molecule has 1 unspecified atom stereocenters. The van der Waals surface area contributed by atoms with E-state index in [0.29, 0.717) is 18.2 Å². The molecule has 0 radical (unpaired) electrons. The van der Waals surface area contributed by atoms with E-state index in [0.717, 1.165) is 26.2 Å². The van der Waals surface area contributed by atoms with E-state index in [9.17, 15) is 9.59 Å². The summed E-state index contributed by atoms with van der Waals surface area (Å²) in [5.74, 6) is -2.51. The van der Waals surface area contributed by atoms with Gasteiger partial charge in [0.2, 0.25) is 0 Å². The Morgan fingerprint density at radius 2 is 1.50 bits per heavy atom. The summed E-state index contributed by atoms with van der Waals surface area (Å²) >= 11 is 1.83. The van der Waals surface area contributed by atoms with Gasteiger partial charge in [-0.25, -0.2) is 9.59 Å². The van der Waals surface area contributed by atoms with Gasteiger partial charge in [-0.1, -0.05) is 42.5 Å². The first-order valence-electron chi connectivity index (χ1n) is 10.4. The average Bonchev–Trinajstić information content (AvgIpc) is 2.95. The van der Waals surface area contributed by atoms with Gasteiger partial charge in [0.05, 0.1) is 6.04 Å². The number of rotatable bonds is 4. The molecule has 0 amide bonds. The molecule has 2 aromatic carbocycles. The molecule has 4 rings (SSSR count). The number of thioether (sulfide) groups is 1. The molecule has 0 saturated carbocycles. The normalized spacial score (nSPS) is 18.2. The van der Waals surface area contributed by atoms with E-state index in [-0.39, 0.29) is 0 Å². The fraction of sp³-hybridized carbons (Fsp3) is 0.280. The van der Waals surface area contributed by atoms with Crippen molar-refractivity contribution in [3.05, 3.63) is 76.9 Å². The number of carboxylic acid groups (broad SMARTS) is 2. The summed E-state index contributed by atoms with van der Waals surface area (Å²) < 4.78 is 0. The molecule has 1 fully saturated rings. The Morgan fingerprint density at radius 1 is 0.906 bits per heavy atom. The molecule has 0 spiro atoms. The zero-order valence-corrected chi connectivity index (χ0v) is 19.1. The zero-order chi connectivity index (χ0) is 23.1. The number of benzene rings is 2. The van der Waals surface area contributed by atoms with Crippen molar-refractivity contribution in [2.45, 2.75) is 10.9 Å². The molecule has 7 heteroatoms. The van der Waals surface area contributed by atoms with Crippen LogP contribution in [-0.4, -0.2) is 71.4 Å². The Balaban J connectivity index is 0.000000312. The summed E-state index contributed by atoms with van der Waals surface area (Å²) in [5.41, 5.74) is 5.60. The largest absolute Gasteiger partial charge is 0.478 e. The van der Waals surface area contributed by atoms with Gasteiger partial charge in [-0.2, -0.15) is 0 Å². The van der Waals surface area contributed by atoms with Crippen molar-refractivity contribution in [3.8, 4) is 0 Å². The van der Waals surface area contributed by atoms with Crippen LogP contribution in [0.4, 0.5) is 0 Å². The minimum Gasteiger partial charge on any atom is -0.478 e. The molecule has 1 aliphatic heterocycles. The lowest BCUT2D eigenvalue weighted by Crippen LogP contribution is -2.46. The lowest BCUT2D eigenvalue weighted by molar-refractivity contribution is -0.134. The molecule has 1 heterocycles. The summed E-state index contributed by atoms with van der Waals surface area (Å²) in [7, 11) is 2.22. The third-order valence-electron chi connectivity index (χ3n) is 5.59. The highest BCUT2D eigenvalue weighted by Crippen LogP contribution is 2.38. The van der Waals surface area contributed by atoms with Gasteiger partial charge in [-0.3, -0.25) is 4.90 Å². The molecule has 2 aromatic rings. The fourth-order valence-electron chi connectivity index (χ4n) is 3.94. The van der Waals surface area contributed by atoms with Gasteiger partial charge < -0.3 is 15.1 Å². The minimum absolute atomic E-state index is 0.354. The fourth-order valence-corrected chi connectivity index (χ4v) is 4.39. The van der Waals surface area contributed by atoms with Gasteiger partial charge in [0.1, 0.15) is 0 Å². The Kier molecular flexibility index (Phi) is 8.27. The highest BCUT2D eigenvalue weighted by atomic mass is 32.2. The molecular formula is C25H28N2O4S. The van der Waals surface area contributed by atoms with Crippen LogP contribution >= 0.6 is 11.8 Å². The summed E-state index contributed by atoms with van der Waals surface area (Å²) in [5, 5.41) is 15.6. The van der Waals surface area contributed by atoms with Crippen LogP contribution in [0, 0.1) is 0 Å². The number of likely N-dealkylation sites (N-methyl/N-ethyl adjacent to an activating group) is 1. The molecule has 1 saturated heterocycles. The Bertz CT molecular complexity index is 1010. The molecule has 168 valence electrons. The van der Waals surface area contributed by atoms with E-state index in [1.165, 1.54) is 27.1 Å². The van der Waals surface area contributed by atoms with Gasteiger partial charge in [-0.15, -0.1) is 11.8 Å². The number of carbonyl (C=O) groups is 2. The van der Waals surface area contributed by atoms with Crippen LogP contribution in [0.15, 0.2) is 59.5 Å². The van der Waals surface area contributed by atoms with Crippen LogP contribution < -0.4 is 0 Å². The second kappa shape index (κ2) is 11.1. The molecule has 0 bridgehead atoms. The van der Waals surface area contributed by atoms with Crippen molar-refractivity contribution >= 4 is 35.9 Å². The molecule has 32 heavy (non-hydrogen) atoms. The number of fused-ring (bicyclic) bond motifs is 2. The predicted octanol–water partition coefficient (Wildman–Crippen LogP) is 3.94. The van der Waals surface area contributed by atoms with Crippen LogP contribution in [0.1, 0.15) is 28.3 Å². The summed E-state index contributed by atoms with van der Waals surface area (Å²) in [4.78, 5) is 25.5. The molecule has 0 aromatic heterocycles. The van der Waals surface area contributed by atoms with E-state index in [1.807, 2.05) is 11.8 Å². The highest BCUT2D eigenvalue weighted by Gasteiger charge is 2.29. The smallest absolute Gasteiger partial charge is 0.328 e. The van der Waals surface area contributed by atoms with Crippen LogP contribution in [0.25, 0.3) is 12.2 Å². The van der Waals surface area contributed by atoms with Crippen LogP contribution in [-0.2, 0) is 9.59 Å². The number of nitrogens with zero attached hydrogens (tertiary/aromatic N) is 2. The first kappa shape index (κ1) is 23.8. The molecule has 1 aliphatic carbocycles. The van der Waals surface area contributed by atoms with Gasteiger partial charge in [0, 0.05) is 43.2 Å². The minimum atomic E-state index is -1.26. The van der Waals surface area contributed by atoms with Crippen molar-refractivity contribution in [3.63, 3.8) is 0 Å². The molecule has 1 atom stereocenters. The molecule has 6 nitrogen and oxygen atoms in total. The van der Waals surface area contributed by atoms with Crippen LogP contribution in [0.5, 0.6) is 0 Å². The molecule has 2 N–H and O–H groups in total. The molecule has 2 aliphatic rings. The van der Waals surface area contributed by atoms with Gasteiger partial charge in [0.25, 0.3) is 0 Å². The predicted molar refractivity (Wildman–Crippen MR) is 129 cm³/mol. The summed E-state index contributed by atoms with van der Waals surface area (Å²) in [6.45, 7) is 4.53. The summed E-state index contributed by atoms with van der Waals surface area (Å²) in [6.07, 6.45) is 7.84. The van der Waals surface area contributed by atoms with Crippen molar-refractivity contribution in [1.29, 1.82) is 0 Å². The lowest BCUT2D eigenvalue weighted by Gasteiger charge is -2.39. The maximum absolute atomic E-state index is 9.55. The standard InChI is InChI=1S/C21H24N2S.C4H4O4/c1-22-11-13-23(14-12-22)21-19-6-4-3-5-16(19)7-8-17-9-10-18(24-2)15-20(17)21;5-3(6)1-2-4(7)8/h3-10,15,21H,11-14H2,1-2H3;1-2H,(H,5,6)(H,7,8). The van der Waals surface area contributed by atoms with Crippen LogP contribution in [0.3, 0.4) is 0 Å². The van der Waals surface area contributed by atoms with E-state index in [1.54, 1.807) is 0 Å². The second-order valence-electron chi connectivity index (χ2n) is 7.71. The molecular weight excluding hydrogens is 424 g/mol. The number of hydrogen-bond acceptors (Lipinski definition) is 5. The van der Waals surface area contributed by atoms with Crippen molar-refractivity contribution in [1.82, 2.24) is 9.80 Å². The van der Waals surface area contributed by atoms with E-state index in [2.05, 4.69) is 77.7 Å². The first-order chi connectivity index (χ1) is 15.4. The maximum Gasteiger partial charge on any atom is 0.328 e. The third kappa shape index (κ3) is 6.09. The Hall–Kier alpha value is -2.87. The van der Waals surface area contributed by atoms with Crippen molar-refractivity contribution < 1.29 is 19.8 Å². The zero-order valence-electron chi connectivity index (χ0n) is 18.3. The van der Waals surface area contributed by atoms with Gasteiger partial charge in [0.15, 0.2) is 0 Å². The monoisotopic (exact) mass is 452 g/mol. The van der Waals surface area contributed by atoms with E-state index >= 15 is 0 Å². The number of hydrogen-bond donors (Lipinski definition) is 2. The maximum atomic E-state index is 9.55. The number of piperazine rings is 1. The van der Waals surface area contributed by atoms with Crippen molar-refractivity contribution in [2.75, 3.05) is 39.5 Å². The van der Waals surface area contributed by atoms with E-state index < -0.39 is 11.9 Å². The number of carboxylic acids is 2. The van der Waals surface area contributed by atoms with E-state index in [4.69, 9.17) is 10.2 Å². The topological polar surface area (TPSA) is 81.1 Å². The second-order valence-corrected chi connectivity index (χ2v) is 8.59. The van der Waals surface area contributed by atoms with Crippen LogP contribution in [0.2, 0.25) is 0 Å². The Morgan fingerprint density at radius 3 is 2.09 bits per heavy atom. The summed E-state index contributed by atoms with van der Waals surface area (Å²) in [6, 6.07) is 16.2. The van der Waals surface area contributed by atoms with Gasteiger partial charge >= 0.3 is 11.9 Å².